The first-order chi connectivity index (χ1) is 11.5. The van der Waals surface area contributed by atoms with Crippen LogP contribution in [0.3, 0.4) is 0 Å². The number of sulfonamides is 1. The number of para-hydroxylation sites is 1. The van der Waals surface area contributed by atoms with Gasteiger partial charge >= 0.3 is 6.36 Å². The van der Waals surface area contributed by atoms with Crippen molar-refractivity contribution in [2.24, 2.45) is 5.14 Å². The molecule has 2 rings (SSSR count). The molecular weight excluding hydrogens is 383 g/mol. The van der Waals surface area contributed by atoms with E-state index in [9.17, 15) is 26.4 Å². The smallest absolute Gasteiger partial charge is 0.405 e. The van der Waals surface area contributed by atoms with Gasteiger partial charge in [-0.2, -0.15) is 0 Å². The number of hydrogen-bond donors (Lipinski definition) is 1. The zero-order valence-electron chi connectivity index (χ0n) is 12.6. The first kappa shape index (κ1) is 19.1. The number of nitrogens with zero attached hydrogens (tertiary/aromatic N) is 2. The lowest BCUT2D eigenvalue weighted by Crippen LogP contribution is -2.29. The molecule has 0 fully saturated rings. The lowest BCUT2D eigenvalue weighted by atomic mass is 10.2. The van der Waals surface area contributed by atoms with Crippen LogP contribution in [0.4, 0.5) is 13.2 Å². The van der Waals surface area contributed by atoms with Crippen LogP contribution in [0.5, 0.6) is 5.75 Å². The Hall–Kier alpha value is -2.18. The average Bonchev–Trinajstić information content (AvgIpc) is 2.96. The molecule has 0 aliphatic carbocycles. The lowest BCUT2D eigenvalue weighted by Gasteiger charge is -2.19. The Morgan fingerprint density at radius 1 is 1.36 bits per heavy atom. The van der Waals surface area contributed by atoms with Crippen LogP contribution in [0.1, 0.15) is 16.1 Å². The molecule has 1 aromatic heterocycles. The van der Waals surface area contributed by atoms with Crippen molar-refractivity contribution in [3.05, 3.63) is 41.0 Å². The highest BCUT2D eigenvalue weighted by molar-refractivity contribution is 7.91. The molecule has 1 aromatic carbocycles. The van der Waals surface area contributed by atoms with E-state index in [-0.39, 0.29) is 17.8 Å². The third-order valence-electron chi connectivity index (χ3n) is 2.95. The Balaban J connectivity index is 2.25. The molecule has 0 radical (unpaired) electrons. The average molecular weight is 395 g/mol. The Morgan fingerprint density at radius 3 is 2.60 bits per heavy atom. The van der Waals surface area contributed by atoms with Gasteiger partial charge in [0, 0.05) is 19.2 Å². The normalized spacial score (nSPS) is 12.0. The number of ether oxygens (including phenoxy) is 1. The molecule has 0 aliphatic rings. The van der Waals surface area contributed by atoms with Gasteiger partial charge in [0.05, 0.1) is 5.51 Å². The number of primary sulfonamides is 1. The number of benzene rings is 1. The number of thiazole rings is 1. The van der Waals surface area contributed by atoms with Crippen molar-refractivity contribution in [3.8, 4) is 5.75 Å². The van der Waals surface area contributed by atoms with Gasteiger partial charge in [0.2, 0.25) is 10.0 Å². The van der Waals surface area contributed by atoms with Crippen molar-refractivity contribution in [2.45, 2.75) is 17.1 Å². The number of carbonyl (C=O) groups excluding carboxylic acids is 1. The summed E-state index contributed by atoms with van der Waals surface area (Å²) in [5.41, 5.74) is 0.842. The van der Waals surface area contributed by atoms with Crippen LogP contribution in [0.15, 0.2) is 34.0 Å². The zero-order chi connectivity index (χ0) is 18.8. The standard InChI is InChI=1S/C13H12F3N3O4S2/c1-19(11(20)10-12(24-7-18-10)25(17,21)22)6-8-4-2-3-5-9(8)23-13(14,15)16/h2-5,7H,6H2,1H3,(H2,17,21,22). The Labute approximate surface area is 144 Å². The SMILES string of the molecule is CN(Cc1ccccc1OC(F)(F)F)C(=O)c1ncsc1S(N)(=O)=O. The summed E-state index contributed by atoms with van der Waals surface area (Å²) in [5.74, 6) is -1.26. The topological polar surface area (TPSA) is 103 Å². The summed E-state index contributed by atoms with van der Waals surface area (Å²) in [6.45, 7) is -0.257. The van der Waals surface area contributed by atoms with E-state index in [0.29, 0.717) is 11.3 Å². The summed E-state index contributed by atoms with van der Waals surface area (Å²) < 4.78 is 63.7. The van der Waals surface area contributed by atoms with Crippen molar-refractivity contribution in [3.63, 3.8) is 0 Å². The summed E-state index contributed by atoms with van der Waals surface area (Å²) in [7, 11) is -2.85. The van der Waals surface area contributed by atoms with E-state index in [1.807, 2.05) is 0 Å². The van der Waals surface area contributed by atoms with Gasteiger partial charge in [-0.25, -0.2) is 18.5 Å². The number of amides is 1. The van der Waals surface area contributed by atoms with Crippen molar-refractivity contribution in [1.29, 1.82) is 0 Å². The Morgan fingerprint density at radius 2 is 2.00 bits per heavy atom. The van der Waals surface area contributed by atoms with E-state index in [1.165, 1.54) is 25.2 Å². The van der Waals surface area contributed by atoms with E-state index in [0.717, 1.165) is 16.5 Å². The molecular formula is C13H12F3N3O4S2. The Bertz CT molecular complexity index is 881. The molecule has 12 heteroatoms. The Kier molecular flexibility index (Phi) is 5.34. The molecule has 7 nitrogen and oxygen atoms in total. The molecule has 0 bridgehead atoms. The number of alkyl halides is 3. The number of carbonyl (C=O) groups is 1. The van der Waals surface area contributed by atoms with Gasteiger partial charge in [0.1, 0.15) is 5.75 Å². The third kappa shape index (κ3) is 4.90. The van der Waals surface area contributed by atoms with Gasteiger partial charge in [-0.1, -0.05) is 18.2 Å². The third-order valence-corrected chi connectivity index (χ3v) is 5.26. The quantitative estimate of drug-likeness (QED) is 0.834. The summed E-state index contributed by atoms with van der Waals surface area (Å²) in [6, 6.07) is 5.30. The molecule has 0 saturated carbocycles. The zero-order valence-corrected chi connectivity index (χ0v) is 14.3. The number of rotatable bonds is 5. The molecule has 0 atom stereocenters. The molecule has 0 unspecified atom stereocenters. The highest BCUT2D eigenvalue weighted by Crippen LogP contribution is 2.27. The van der Waals surface area contributed by atoms with Crippen molar-refractivity contribution in [1.82, 2.24) is 9.88 Å². The van der Waals surface area contributed by atoms with E-state index >= 15 is 0 Å². The molecule has 1 amide bonds. The fourth-order valence-electron chi connectivity index (χ4n) is 1.95. The second kappa shape index (κ2) is 6.98. The highest BCUT2D eigenvalue weighted by Gasteiger charge is 2.32. The van der Waals surface area contributed by atoms with Gasteiger partial charge in [0.15, 0.2) is 9.90 Å². The molecule has 1 heterocycles. The molecule has 0 aliphatic heterocycles. The number of halogens is 3. The first-order valence-electron chi connectivity index (χ1n) is 6.54. The van der Waals surface area contributed by atoms with Gasteiger partial charge in [-0.15, -0.1) is 24.5 Å². The van der Waals surface area contributed by atoms with Crippen molar-refractivity contribution in [2.75, 3.05) is 7.05 Å². The van der Waals surface area contributed by atoms with Gasteiger partial charge in [-0.05, 0) is 6.07 Å². The maximum atomic E-state index is 12.4. The predicted octanol–water partition coefficient (Wildman–Crippen LogP) is 1.96. The highest BCUT2D eigenvalue weighted by atomic mass is 32.2. The summed E-state index contributed by atoms with van der Waals surface area (Å²) in [6.07, 6.45) is -4.88. The first-order valence-corrected chi connectivity index (χ1v) is 8.97. The van der Waals surface area contributed by atoms with Gasteiger partial charge in [-0.3, -0.25) is 4.79 Å². The summed E-state index contributed by atoms with van der Waals surface area (Å²) in [4.78, 5) is 17.1. The van der Waals surface area contributed by atoms with Crippen LogP contribution in [0.2, 0.25) is 0 Å². The van der Waals surface area contributed by atoms with Crippen LogP contribution in [0, 0.1) is 0 Å². The minimum Gasteiger partial charge on any atom is -0.405 e. The van der Waals surface area contributed by atoms with E-state index in [1.54, 1.807) is 0 Å². The maximum absolute atomic E-state index is 12.4. The van der Waals surface area contributed by atoms with Crippen LogP contribution in [0.25, 0.3) is 0 Å². The van der Waals surface area contributed by atoms with Crippen molar-refractivity contribution < 1.29 is 31.1 Å². The fraction of sp³-hybridized carbons (Fsp3) is 0.231. The second-order valence-electron chi connectivity index (χ2n) is 4.85. The van der Waals surface area contributed by atoms with Crippen LogP contribution in [-0.4, -0.2) is 37.6 Å². The molecule has 25 heavy (non-hydrogen) atoms. The molecule has 0 spiro atoms. The number of hydrogen-bond acceptors (Lipinski definition) is 6. The number of nitrogens with two attached hydrogens (primary N) is 1. The van der Waals surface area contributed by atoms with E-state index in [4.69, 9.17) is 5.14 Å². The van der Waals surface area contributed by atoms with Gasteiger partial charge in [0.25, 0.3) is 5.91 Å². The van der Waals surface area contributed by atoms with Crippen LogP contribution < -0.4 is 9.88 Å². The maximum Gasteiger partial charge on any atom is 0.573 e. The molecule has 0 saturated heterocycles. The van der Waals surface area contributed by atoms with E-state index in [2.05, 4.69) is 9.72 Å². The van der Waals surface area contributed by atoms with Gasteiger partial charge < -0.3 is 9.64 Å². The van der Waals surface area contributed by atoms with Crippen molar-refractivity contribution >= 4 is 27.3 Å². The lowest BCUT2D eigenvalue weighted by molar-refractivity contribution is -0.275. The van der Waals surface area contributed by atoms with E-state index < -0.39 is 32.3 Å². The summed E-state index contributed by atoms with van der Waals surface area (Å²) in [5, 5.41) is 5.01. The molecule has 136 valence electrons. The van der Waals surface area contributed by atoms with Crippen LogP contribution in [-0.2, 0) is 16.6 Å². The second-order valence-corrected chi connectivity index (χ2v) is 7.46. The molecule has 2 aromatic rings. The fourth-order valence-corrected chi connectivity index (χ4v) is 3.53. The predicted molar refractivity (Wildman–Crippen MR) is 82.4 cm³/mol. The van der Waals surface area contributed by atoms with Crippen LogP contribution >= 0.6 is 11.3 Å². The number of aromatic nitrogens is 1. The molecule has 2 N–H and O–H groups in total. The summed E-state index contributed by atoms with van der Waals surface area (Å²) >= 11 is 0.675. The minimum atomic E-state index is -4.88. The minimum absolute atomic E-state index is 0.0862. The largest absolute Gasteiger partial charge is 0.573 e. The monoisotopic (exact) mass is 395 g/mol.